The minimum absolute atomic E-state index is 0.257. The van der Waals surface area contributed by atoms with E-state index in [2.05, 4.69) is 0 Å². The van der Waals surface area contributed by atoms with Gasteiger partial charge in [-0.15, -0.1) is 0 Å². The molecule has 0 aromatic heterocycles. The highest BCUT2D eigenvalue weighted by Gasteiger charge is 2.21. The van der Waals surface area contributed by atoms with Crippen LogP contribution in [0.2, 0.25) is 0 Å². The molecule has 4 nitrogen and oxygen atoms in total. The van der Waals surface area contributed by atoms with Gasteiger partial charge in [-0.05, 0) is 24.6 Å². The molecule has 1 aliphatic rings. The molecule has 2 rings (SSSR count). The Kier molecular flexibility index (Phi) is 3.36. The van der Waals surface area contributed by atoms with E-state index in [1.807, 2.05) is 6.07 Å². The van der Waals surface area contributed by atoms with Crippen LogP contribution in [0.4, 0.5) is 0 Å². The van der Waals surface area contributed by atoms with Crippen LogP contribution in [0.25, 0.3) is 0 Å². The lowest BCUT2D eigenvalue weighted by Gasteiger charge is -2.10. The van der Waals surface area contributed by atoms with Crippen LogP contribution in [0.5, 0.6) is 5.75 Å². The Morgan fingerprint density at radius 1 is 1.69 bits per heavy atom. The van der Waals surface area contributed by atoms with Crippen molar-refractivity contribution in [3.05, 3.63) is 23.8 Å². The zero-order chi connectivity index (χ0) is 11.5. The minimum Gasteiger partial charge on any atom is -0.481 e. The molecule has 1 heterocycles. The van der Waals surface area contributed by atoms with Gasteiger partial charge < -0.3 is 14.6 Å². The molecule has 1 aromatic rings. The summed E-state index contributed by atoms with van der Waals surface area (Å²) in [4.78, 5) is 12.4. The fourth-order valence-electron chi connectivity index (χ4n) is 1.44. The molecule has 16 heavy (non-hydrogen) atoms. The van der Waals surface area contributed by atoms with Crippen molar-refractivity contribution >= 4 is 17.7 Å². The third kappa shape index (κ3) is 2.15. The number of aliphatic hydroxyl groups is 1. The number of hydrogen-bond donors (Lipinski definition) is 1. The third-order valence-corrected chi connectivity index (χ3v) is 3.11. The van der Waals surface area contributed by atoms with Crippen molar-refractivity contribution in [2.75, 3.05) is 12.5 Å². The molecule has 0 amide bonds. The second kappa shape index (κ2) is 4.76. The standard InChI is InChI=1S/C11H12O4S/c1-2-14-11(13)10(12)7-3-4-9-8(5-7)15-6-16-9/h3-5,10,12H,2,6H2,1H3. The maximum Gasteiger partial charge on any atom is 0.339 e. The van der Waals surface area contributed by atoms with E-state index in [0.29, 0.717) is 17.3 Å². The number of aliphatic hydroxyl groups excluding tert-OH is 1. The van der Waals surface area contributed by atoms with E-state index < -0.39 is 12.1 Å². The SMILES string of the molecule is CCOC(=O)C(O)c1ccc2c(c1)OCS2. The molecule has 1 N–H and O–H groups in total. The Bertz CT molecular complexity index is 405. The Labute approximate surface area is 97.6 Å². The van der Waals surface area contributed by atoms with Gasteiger partial charge in [0.1, 0.15) is 11.7 Å². The highest BCUT2D eigenvalue weighted by atomic mass is 32.2. The first kappa shape index (κ1) is 11.3. The fraction of sp³-hybridized carbons (Fsp3) is 0.364. The summed E-state index contributed by atoms with van der Waals surface area (Å²) in [5, 5.41) is 9.71. The maximum atomic E-state index is 11.3. The summed E-state index contributed by atoms with van der Waals surface area (Å²) in [5.74, 6) is 0.660. The summed E-state index contributed by atoms with van der Waals surface area (Å²) >= 11 is 1.59. The lowest BCUT2D eigenvalue weighted by atomic mass is 10.1. The average molecular weight is 240 g/mol. The number of carbonyl (C=O) groups is 1. The van der Waals surface area contributed by atoms with Gasteiger partial charge in [-0.3, -0.25) is 0 Å². The van der Waals surface area contributed by atoms with Crippen molar-refractivity contribution in [1.29, 1.82) is 0 Å². The van der Waals surface area contributed by atoms with Gasteiger partial charge in [0.15, 0.2) is 6.10 Å². The van der Waals surface area contributed by atoms with Gasteiger partial charge >= 0.3 is 5.97 Å². The Morgan fingerprint density at radius 3 is 3.25 bits per heavy atom. The largest absolute Gasteiger partial charge is 0.481 e. The fourth-order valence-corrected chi connectivity index (χ4v) is 2.18. The summed E-state index contributed by atoms with van der Waals surface area (Å²) < 4.78 is 10.1. The van der Waals surface area contributed by atoms with E-state index in [1.165, 1.54) is 0 Å². The summed E-state index contributed by atoms with van der Waals surface area (Å²) in [7, 11) is 0. The summed E-state index contributed by atoms with van der Waals surface area (Å²) in [6, 6.07) is 5.23. The van der Waals surface area contributed by atoms with Crippen LogP contribution in [-0.2, 0) is 9.53 Å². The number of rotatable bonds is 3. The highest BCUT2D eigenvalue weighted by molar-refractivity contribution is 7.99. The number of hydrogen-bond acceptors (Lipinski definition) is 5. The van der Waals surface area contributed by atoms with Gasteiger partial charge in [-0.1, -0.05) is 17.8 Å². The molecule has 0 saturated heterocycles. The van der Waals surface area contributed by atoms with E-state index in [0.717, 1.165) is 4.90 Å². The Morgan fingerprint density at radius 2 is 2.50 bits per heavy atom. The summed E-state index contributed by atoms with van der Waals surface area (Å²) in [5.41, 5.74) is 0.500. The predicted molar refractivity (Wildman–Crippen MR) is 59.4 cm³/mol. The second-order valence-electron chi connectivity index (χ2n) is 3.27. The van der Waals surface area contributed by atoms with E-state index in [-0.39, 0.29) is 6.61 Å². The van der Waals surface area contributed by atoms with Gasteiger partial charge in [0, 0.05) is 0 Å². The number of carbonyl (C=O) groups excluding carboxylic acids is 1. The van der Waals surface area contributed by atoms with Crippen molar-refractivity contribution in [1.82, 2.24) is 0 Å². The third-order valence-electron chi connectivity index (χ3n) is 2.22. The Balaban J connectivity index is 2.18. The van der Waals surface area contributed by atoms with Crippen molar-refractivity contribution in [2.45, 2.75) is 17.9 Å². The van der Waals surface area contributed by atoms with Crippen LogP contribution >= 0.6 is 11.8 Å². The van der Waals surface area contributed by atoms with Crippen LogP contribution in [0.15, 0.2) is 23.1 Å². The van der Waals surface area contributed by atoms with Crippen molar-refractivity contribution in [3.63, 3.8) is 0 Å². The molecule has 0 radical (unpaired) electrons. The lowest BCUT2D eigenvalue weighted by Crippen LogP contribution is -2.15. The number of benzene rings is 1. The molecule has 0 fully saturated rings. The first-order valence-electron chi connectivity index (χ1n) is 4.96. The molecule has 0 bridgehead atoms. The van der Waals surface area contributed by atoms with Crippen LogP contribution in [-0.4, -0.2) is 23.6 Å². The molecule has 5 heteroatoms. The van der Waals surface area contributed by atoms with Crippen molar-refractivity contribution < 1.29 is 19.4 Å². The molecular formula is C11H12O4S. The highest BCUT2D eigenvalue weighted by Crippen LogP contribution is 2.37. The zero-order valence-corrected chi connectivity index (χ0v) is 9.62. The van der Waals surface area contributed by atoms with E-state index in [4.69, 9.17) is 9.47 Å². The topological polar surface area (TPSA) is 55.8 Å². The molecule has 0 aliphatic carbocycles. The molecule has 0 spiro atoms. The molecule has 1 aromatic carbocycles. The first-order valence-corrected chi connectivity index (χ1v) is 5.95. The van der Waals surface area contributed by atoms with Crippen LogP contribution in [0, 0.1) is 0 Å². The van der Waals surface area contributed by atoms with E-state index >= 15 is 0 Å². The molecule has 1 unspecified atom stereocenters. The van der Waals surface area contributed by atoms with Gasteiger partial charge in [0.05, 0.1) is 11.5 Å². The normalized spacial score (nSPS) is 15.1. The van der Waals surface area contributed by atoms with Gasteiger partial charge in [-0.2, -0.15) is 0 Å². The number of thioether (sulfide) groups is 1. The number of ether oxygens (including phenoxy) is 2. The molecule has 86 valence electrons. The summed E-state index contributed by atoms with van der Waals surface area (Å²) in [6.07, 6.45) is -1.24. The van der Waals surface area contributed by atoms with Crippen molar-refractivity contribution in [3.8, 4) is 5.75 Å². The Hall–Kier alpha value is -1.20. The van der Waals surface area contributed by atoms with Gasteiger partial charge in [0.25, 0.3) is 0 Å². The average Bonchev–Trinajstić information content (AvgIpc) is 2.75. The molecular weight excluding hydrogens is 228 g/mol. The zero-order valence-electron chi connectivity index (χ0n) is 8.80. The van der Waals surface area contributed by atoms with Crippen LogP contribution in [0.1, 0.15) is 18.6 Å². The molecule has 1 atom stereocenters. The van der Waals surface area contributed by atoms with Crippen LogP contribution < -0.4 is 4.74 Å². The van der Waals surface area contributed by atoms with E-state index in [9.17, 15) is 9.90 Å². The minimum atomic E-state index is -1.24. The monoisotopic (exact) mass is 240 g/mol. The quantitative estimate of drug-likeness (QED) is 0.815. The predicted octanol–water partition coefficient (Wildman–Crippen LogP) is 1.73. The lowest BCUT2D eigenvalue weighted by molar-refractivity contribution is -0.153. The molecule has 1 aliphatic heterocycles. The van der Waals surface area contributed by atoms with Gasteiger partial charge in [-0.25, -0.2) is 4.79 Å². The maximum absolute atomic E-state index is 11.3. The summed E-state index contributed by atoms with van der Waals surface area (Å²) in [6.45, 7) is 1.96. The number of fused-ring (bicyclic) bond motifs is 1. The van der Waals surface area contributed by atoms with E-state index in [1.54, 1.807) is 30.8 Å². The van der Waals surface area contributed by atoms with Crippen molar-refractivity contribution in [2.24, 2.45) is 0 Å². The molecule has 0 saturated carbocycles. The smallest absolute Gasteiger partial charge is 0.339 e. The first-order chi connectivity index (χ1) is 7.72. The van der Waals surface area contributed by atoms with Gasteiger partial charge in [0.2, 0.25) is 0 Å². The van der Waals surface area contributed by atoms with Crippen LogP contribution in [0.3, 0.4) is 0 Å². The second-order valence-corrected chi connectivity index (χ2v) is 4.23. The number of esters is 1.